The van der Waals surface area contributed by atoms with Crippen LogP contribution in [0.3, 0.4) is 0 Å². The molecule has 0 saturated carbocycles. The second-order valence-electron chi connectivity index (χ2n) is 6.31. The predicted molar refractivity (Wildman–Crippen MR) is 96.9 cm³/mol. The monoisotopic (exact) mass is 411 g/mol. The van der Waals surface area contributed by atoms with Crippen molar-refractivity contribution in [3.8, 4) is 0 Å². The lowest BCUT2D eigenvalue weighted by Crippen LogP contribution is -2.49. The first-order valence-corrected chi connectivity index (χ1v) is 9.06. The Kier molecular flexibility index (Phi) is 4.88. The number of ether oxygens (including phenoxy) is 1. The standard InChI is InChI=1S/C18H22INO2/c1-20-14-7-8-16(20)17(18(21)22-2)15(11-14)13-5-3-12(4-6-13)9-10-19/h3-6,9-10,14-17H,7-8,11H2,1-2H3/b10-9+/t14-,15+,16+,17-/m0/s1. The molecule has 3 nitrogen and oxygen atoms in total. The highest BCUT2D eigenvalue weighted by Crippen LogP contribution is 2.46. The fourth-order valence-electron chi connectivity index (χ4n) is 4.19. The molecule has 2 heterocycles. The number of halogens is 1. The number of rotatable bonds is 3. The zero-order valence-electron chi connectivity index (χ0n) is 13.0. The lowest BCUT2D eigenvalue weighted by atomic mass is 9.76. The van der Waals surface area contributed by atoms with Gasteiger partial charge < -0.3 is 4.74 Å². The van der Waals surface area contributed by atoms with Crippen molar-refractivity contribution >= 4 is 34.6 Å². The summed E-state index contributed by atoms with van der Waals surface area (Å²) >= 11 is 2.23. The van der Waals surface area contributed by atoms with Crippen molar-refractivity contribution in [1.82, 2.24) is 4.90 Å². The summed E-state index contributed by atoms with van der Waals surface area (Å²) in [5.41, 5.74) is 2.47. The largest absolute Gasteiger partial charge is 0.469 e. The fourth-order valence-corrected chi connectivity index (χ4v) is 4.61. The van der Waals surface area contributed by atoms with Crippen molar-refractivity contribution in [3.05, 3.63) is 39.5 Å². The lowest BCUT2D eigenvalue weighted by Gasteiger charge is -2.41. The van der Waals surface area contributed by atoms with Crippen molar-refractivity contribution in [2.24, 2.45) is 5.92 Å². The van der Waals surface area contributed by atoms with E-state index < -0.39 is 0 Å². The molecule has 1 aromatic carbocycles. The zero-order chi connectivity index (χ0) is 15.7. The average molecular weight is 411 g/mol. The SMILES string of the molecule is COC(=O)[C@H]1[C@@H](c2ccc(/C=C/I)cc2)C[C@@H]2CC[C@H]1N2C. The number of carbonyl (C=O) groups excluding carboxylic acids is 1. The normalized spacial score (nSPS) is 31.6. The van der Waals surface area contributed by atoms with E-state index in [9.17, 15) is 4.79 Å². The average Bonchev–Trinajstić information content (AvgIpc) is 2.77. The number of carbonyl (C=O) groups is 1. The number of fused-ring (bicyclic) bond motifs is 2. The van der Waals surface area contributed by atoms with Crippen LogP contribution in [0.25, 0.3) is 6.08 Å². The number of piperidine rings is 1. The molecule has 0 aromatic heterocycles. The van der Waals surface area contributed by atoms with Crippen LogP contribution in [0, 0.1) is 5.92 Å². The van der Waals surface area contributed by atoms with Gasteiger partial charge in [-0.3, -0.25) is 9.69 Å². The van der Waals surface area contributed by atoms with Crippen LogP contribution in [0.5, 0.6) is 0 Å². The Morgan fingerprint density at radius 1 is 1.32 bits per heavy atom. The molecule has 0 unspecified atom stereocenters. The van der Waals surface area contributed by atoms with Gasteiger partial charge in [-0.05, 0) is 47.6 Å². The molecule has 2 fully saturated rings. The fraction of sp³-hybridized carbons (Fsp3) is 0.500. The smallest absolute Gasteiger partial charge is 0.310 e. The van der Waals surface area contributed by atoms with E-state index in [0.717, 1.165) is 12.8 Å². The molecule has 4 heteroatoms. The van der Waals surface area contributed by atoms with Crippen LogP contribution in [-0.4, -0.2) is 37.1 Å². The predicted octanol–water partition coefficient (Wildman–Crippen LogP) is 3.83. The van der Waals surface area contributed by atoms with E-state index in [2.05, 4.69) is 64.9 Å². The van der Waals surface area contributed by atoms with Crippen LogP contribution in [-0.2, 0) is 9.53 Å². The van der Waals surface area contributed by atoms with Gasteiger partial charge in [0.05, 0.1) is 13.0 Å². The number of hydrogen-bond donors (Lipinski definition) is 0. The van der Waals surface area contributed by atoms with E-state index in [1.807, 2.05) is 4.08 Å². The van der Waals surface area contributed by atoms with E-state index in [4.69, 9.17) is 4.74 Å². The van der Waals surface area contributed by atoms with Gasteiger partial charge in [0, 0.05) is 18.0 Å². The molecule has 2 aliphatic rings. The number of methoxy groups -OCH3 is 1. The Hall–Kier alpha value is -0.880. The molecule has 3 rings (SSSR count). The van der Waals surface area contributed by atoms with E-state index in [0.29, 0.717) is 12.1 Å². The van der Waals surface area contributed by atoms with Crippen molar-refractivity contribution in [2.45, 2.75) is 37.3 Å². The maximum Gasteiger partial charge on any atom is 0.310 e. The van der Waals surface area contributed by atoms with Gasteiger partial charge in [-0.2, -0.15) is 0 Å². The number of benzene rings is 1. The minimum absolute atomic E-state index is 0.0419. The molecule has 0 aliphatic carbocycles. The third-order valence-electron chi connectivity index (χ3n) is 5.36. The lowest BCUT2D eigenvalue weighted by molar-refractivity contribution is -0.150. The van der Waals surface area contributed by atoms with E-state index >= 15 is 0 Å². The maximum absolute atomic E-state index is 12.4. The second-order valence-corrected chi connectivity index (χ2v) is 7.03. The summed E-state index contributed by atoms with van der Waals surface area (Å²) in [6, 6.07) is 9.56. The van der Waals surface area contributed by atoms with Gasteiger partial charge in [0.15, 0.2) is 0 Å². The summed E-state index contributed by atoms with van der Waals surface area (Å²) in [7, 11) is 3.66. The Morgan fingerprint density at radius 3 is 2.68 bits per heavy atom. The Labute approximate surface area is 145 Å². The van der Waals surface area contributed by atoms with E-state index in [-0.39, 0.29) is 17.8 Å². The third-order valence-corrected chi connectivity index (χ3v) is 5.72. The molecular weight excluding hydrogens is 389 g/mol. The molecule has 2 saturated heterocycles. The van der Waals surface area contributed by atoms with Crippen molar-refractivity contribution in [1.29, 1.82) is 0 Å². The molecular formula is C18H22INO2. The van der Waals surface area contributed by atoms with E-state index in [1.165, 1.54) is 24.7 Å². The Morgan fingerprint density at radius 2 is 2.05 bits per heavy atom. The highest BCUT2D eigenvalue weighted by Gasteiger charge is 2.49. The number of hydrogen-bond acceptors (Lipinski definition) is 3. The van der Waals surface area contributed by atoms with Crippen LogP contribution in [0.1, 0.15) is 36.3 Å². The van der Waals surface area contributed by atoms with Gasteiger partial charge in [0.1, 0.15) is 0 Å². The summed E-state index contributed by atoms with van der Waals surface area (Å²) < 4.78 is 7.14. The van der Waals surface area contributed by atoms with Crippen molar-refractivity contribution in [2.75, 3.05) is 14.2 Å². The molecule has 0 N–H and O–H groups in total. The Balaban J connectivity index is 1.91. The summed E-state index contributed by atoms with van der Waals surface area (Å²) in [5, 5.41) is 0. The van der Waals surface area contributed by atoms with Gasteiger partial charge in [-0.25, -0.2) is 0 Å². The highest BCUT2D eigenvalue weighted by molar-refractivity contribution is 14.1. The number of esters is 1. The van der Waals surface area contributed by atoms with Gasteiger partial charge in [-0.1, -0.05) is 46.9 Å². The van der Waals surface area contributed by atoms with Gasteiger partial charge in [-0.15, -0.1) is 0 Å². The topological polar surface area (TPSA) is 29.5 Å². The van der Waals surface area contributed by atoms with Gasteiger partial charge in [0.2, 0.25) is 0 Å². The number of nitrogens with zero attached hydrogens (tertiary/aromatic N) is 1. The molecule has 0 radical (unpaired) electrons. The molecule has 0 spiro atoms. The molecule has 22 heavy (non-hydrogen) atoms. The Bertz CT molecular complexity index is 569. The molecule has 4 atom stereocenters. The quantitative estimate of drug-likeness (QED) is 0.560. The first-order valence-electron chi connectivity index (χ1n) is 7.82. The minimum Gasteiger partial charge on any atom is -0.469 e. The first kappa shape index (κ1) is 16.0. The summed E-state index contributed by atoms with van der Waals surface area (Å²) in [4.78, 5) is 14.8. The molecule has 2 bridgehead atoms. The third kappa shape index (κ3) is 2.83. The van der Waals surface area contributed by atoms with Crippen LogP contribution < -0.4 is 0 Å². The minimum atomic E-state index is -0.0570. The maximum atomic E-state index is 12.4. The molecule has 2 aliphatic heterocycles. The van der Waals surface area contributed by atoms with Crippen LogP contribution in [0.2, 0.25) is 0 Å². The molecule has 118 valence electrons. The van der Waals surface area contributed by atoms with Crippen molar-refractivity contribution in [3.63, 3.8) is 0 Å². The van der Waals surface area contributed by atoms with Crippen LogP contribution in [0.4, 0.5) is 0 Å². The molecule has 0 amide bonds. The van der Waals surface area contributed by atoms with E-state index in [1.54, 1.807) is 0 Å². The summed E-state index contributed by atoms with van der Waals surface area (Å²) in [6.07, 6.45) is 5.43. The first-order chi connectivity index (χ1) is 10.7. The summed E-state index contributed by atoms with van der Waals surface area (Å²) in [5.74, 6) is 0.178. The highest BCUT2D eigenvalue weighted by atomic mass is 127. The van der Waals surface area contributed by atoms with Gasteiger partial charge in [0.25, 0.3) is 0 Å². The van der Waals surface area contributed by atoms with Crippen molar-refractivity contribution < 1.29 is 9.53 Å². The molecule has 1 aromatic rings. The summed E-state index contributed by atoms with van der Waals surface area (Å²) in [6.45, 7) is 0. The zero-order valence-corrected chi connectivity index (χ0v) is 15.2. The second kappa shape index (κ2) is 6.71. The van der Waals surface area contributed by atoms with Crippen LogP contribution >= 0.6 is 22.6 Å². The van der Waals surface area contributed by atoms with Crippen LogP contribution in [0.15, 0.2) is 28.3 Å². The van der Waals surface area contributed by atoms with Gasteiger partial charge >= 0.3 is 5.97 Å².